The van der Waals surface area contributed by atoms with E-state index in [4.69, 9.17) is 19.3 Å². The molecule has 0 unspecified atom stereocenters. The molecule has 0 amide bonds. The number of aromatic nitrogens is 4. The van der Waals surface area contributed by atoms with Crippen LogP contribution in [0.25, 0.3) is 16.8 Å². The molecule has 0 saturated heterocycles. The van der Waals surface area contributed by atoms with E-state index >= 15 is 0 Å². The van der Waals surface area contributed by atoms with Crippen LogP contribution in [0.2, 0.25) is 0 Å². The van der Waals surface area contributed by atoms with Crippen molar-refractivity contribution in [2.24, 2.45) is 0 Å². The Hall–Kier alpha value is -3.59. The first kappa shape index (κ1) is 23.6. The van der Waals surface area contributed by atoms with Crippen molar-refractivity contribution in [3.05, 3.63) is 65.1 Å². The number of carbonyl (C=O) groups excluding carboxylic acids is 1. The lowest BCUT2D eigenvalue weighted by atomic mass is 10.1. The van der Waals surface area contributed by atoms with Crippen LogP contribution in [0.15, 0.2) is 47.4 Å². The number of benzene rings is 2. The molecule has 0 spiro atoms. The zero-order chi connectivity index (χ0) is 24.2. The topological polar surface area (TPSA) is 87.8 Å². The van der Waals surface area contributed by atoms with Gasteiger partial charge in [0.05, 0.1) is 37.8 Å². The standard InChI is InChI=1S/C25H26N4O4S/c1-6-33-25(30)23-19(14-34-18-10-7-15(2)8-11-18)29-24(27-26-23)22(16(3)28-29)17-9-12-20(31-4)21(13-17)32-5/h7-13H,6,14H2,1-5H3. The average Bonchev–Trinajstić information content (AvgIpc) is 3.19. The van der Waals surface area contributed by atoms with Crippen LogP contribution in [0.5, 0.6) is 11.5 Å². The van der Waals surface area contributed by atoms with E-state index in [1.807, 2.05) is 32.0 Å². The molecule has 4 rings (SSSR count). The zero-order valence-electron chi connectivity index (χ0n) is 19.8. The lowest BCUT2D eigenvalue weighted by Crippen LogP contribution is -2.16. The molecule has 9 heteroatoms. The Kier molecular flexibility index (Phi) is 7.02. The minimum absolute atomic E-state index is 0.162. The summed E-state index contributed by atoms with van der Waals surface area (Å²) in [5.74, 6) is 1.18. The van der Waals surface area contributed by atoms with Gasteiger partial charge in [-0.3, -0.25) is 0 Å². The third-order valence-electron chi connectivity index (χ3n) is 5.35. The molecule has 8 nitrogen and oxygen atoms in total. The highest BCUT2D eigenvalue weighted by Gasteiger charge is 2.24. The lowest BCUT2D eigenvalue weighted by Gasteiger charge is -2.11. The predicted molar refractivity (Wildman–Crippen MR) is 131 cm³/mol. The second-order valence-corrected chi connectivity index (χ2v) is 8.63. The largest absolute Gasteiger partial charge is 0.493 e. The summed E-state index contributed by atoms with van der Waals surface area (Å²) in [5, 5.41) is 13.4. The fourth-order valence-corrected chi connectivity index (χ4v) is 4.55. The molecular formula is C25H26N4O4S. The minimum atomic E-state index is -0.516. The van der Waals surface area contributed by atoms with Crippen molar-refractivity contribution >= 4 is 23.4 Å². The van der Waals surface area contributed by atoms with Crippen molar-refractivity contribution in [1.82, 2.24) is 19.8 Å². The monoisotopic (exact) mass is 478 g/mol. The fraction of sp³-hybridized carbons (Fsp3) is 0.280. The first-order valence-corrected chi connectivity index (χ1v) is 11.8. The summed E-state index contributed by atoms with van der Waals surface area (Å²) in [6.45, 7) is 5.96. The number of ether oxygens (including phenoxy) is 3. The van der Waals surface area contributed by atoms with E-state index < -0.39 is 5.97 Å². The van der Waals surface area contributed by atoms with Gasteiger partial charge in [0.15, 0.2) is 22.8 Å². The number of rotatable bonds is 8. The maximum atomic E-state index is 12.7. The zero-order valence-corrected chi connectivity index (χ0v) is 20.6. The molecule has 2 heterocycles. The maximum absolute atomic E-state index is 12.7. The minimum Gasteiger partial charge on any atom is -0.493 e. The van der Waals surface area contributed by atoms with Gasteiger partial charge in [0.1, 0.15) is 0 Å². The van der Waals surface area contributed by atoms with Crippen molar-refractivity contribution in [3.8, 4) is 22.6 Å². The quantitative estimate of drug-likeness (QED) is 0.261. The van der Waals surface area contributed by atoms with Crippen molar-refractivity contribution in [2.75, 3.05) is 20.8 Å². The number of thioether (sulfide) groups is 1. The van der Waals surface area contributed by atoms with Crippen LogP contribution in [0.4, 0.5) is 0 Å². The molecular weight excluding hydrogens is 452 g/mol. The average molecular weight is 479 g/mol. The molecule has 0 aliphatic heterocycles. The van der Waals surface area contributed by atoms with Crippen LogP contribution in [0, 0.1) is 13.8 Å². The van der Waals surface area contributed by atoms with Crippen molar-refractivity contribution < 1.29 is 19.0 Å². The second kappa shape index (κ2) is 10.1. The highest BCUT2D eigenvalue weighted by atomic mass is 32.2. The van der Waals surface area contributed by atoms with Gasteiger partial charge in [-0.05, 0) is 50.6 Å². The van der Waals surface area contributed by atoms with Crippen LogP contribution in [-0.2, 0) is 10.5 Å². The third-order valence-corrected chi connectivity index (χ3v) is 6.37. The molecule has 176 valence electrons. The summed E-state index contributed by atoms with van der Waals surface area (Å²) in [5.41, 5.74) is 4.96. The first-order valence-electron chi connectivity index (χ1n) is 10.8. The predicted octanol–water partition coefficient (Wildman–Crippen LogP) is 4.89. The molecule has 0 bridgehead atoms. The van der Waals surface area contributed by atoms with Crippen LogP contribution >= 0.6 is 11.8 Å². The number of esters is 1. The highest BCUT2D eigenvalue weighted by molar-refractivity contribution is 7.98. The molecule has 0 atom stereocenters. The summed E-state index contributed by atoms with van der Waals surface area (Å²) >= 11 is 1.60. The molecule has 2 aromatic carbocycles. The first-order chi connectivity index (χ1) is 16.5. The Bertz CT molecular complexity index is 1340. The van der Waals surface area contributed by atoms with Crippen molar-refractivity contribution in [1.29, 1.82) is 0 Å². The van der Waals surface area contributed by atoms with Gasteiger partial charge in [-0.1, -0.05) is 23.8 Å². The van der Waals surface area contributed by atoms with E-state index in [2.05, 4.69) is 34.5 Å². The van der Waals surface area contributed by atoms with E-state index in [1.165, 1.54) is 5.56 Å². The number of fused-ring (bicyclic) bond motifs is 1. The van der Waals surface area contributed by atoms with Gasteiger partial charge in [-0.15, -0.1) is 22.0 Å². The fourth-order valence-electron chi connectivity index (χ4n) is 3.65. The molecule has 0 saturated carbocycles. The second-order valence-electron chi connectivity index (χ2n) is 7.58. The summed E-state index contributed by atoms with van der Waals surface area (Å²) in [7, 11) is 3.19. The van der Waals surface area contributed by atoms with E-state index in [0.717, 1.165) is 21.7 Å². The molecule has 0 aliphatic rings. The lowest BCUT2D eigenvalue weighted by molar-refractivity contribution is 0.0516. The molecule has 0 N–H and O–H groups in total. The number of aryl methyl sites for hydroxylation is 2. The van der Waals surface area contributed by atoms with Gasteiger partial charge in [-0.25, -0.2) is 9.31 Å². The maximum Gasteiger partial charge on any atom is 0.360 e. The highest BCUT2D eigenvalue weighted by Crippen LogP contribution is 2.36. The summed E-state index contributed by atoms with van der Waals surface area (Å²) in [6, 6.07) is 13.9. The summed E-state index contributed by atoms with van der Waals surface area (Å²) in [6.07, 6.45) is 0. The third kappa shape index (κ3) is 4.56. The van der Waals surface area contributed by atoms with Crippen LogP contribution < -0.4 is 9.47 Å². The molecule has 0 fully saturated rings. The number of carbonyl (C=O) groups is 1. The SMILES string of the molecule is CCOC(=O)c1nnc2c(-c3ccc(OC)c(OC)c3)c(C)nn2c1CSc1ccc(C)cc1. The number of nitrogens with zero attached hydrogens (tertiary/aromatic N) is 4. The molecule has 0 radical (unpaired) electrons. The Balaban J connectivity index is 1.83. The van der Waals surface area contributed by atoms with Gasteiger partial charge in [0.2, 0.25) is 0 Å². The smallest absolute Gasteiger partial charge is 0.360 e. The van der Waals surface area contributed by atoms with Gasteiger partial charge in [-0.2, -0.15) is 5.10 Å². The van der Waals surface area contributed by atoms with Gasteiger partial charge in [0, 0.05) is 10.6 Å². The van der Waals surface area contributed by atoms with E-state index in [1.54, 1.807) is 37.4 Å². The van der Waals surface area contributed by atoms with Gasteiger partial charge < -0.3 is 14.2 Å². The van der Waals surface area contributed by atoms with Crippen LogP contribution in [0.1, 0.15) is 34.4 Å². The normalized spacial score (nSPS) is 11.0. The van der Waals surface area contributed by atoms with Crippen LogP contribution in [0.3, 0.4) is 0 Å². The van der Waals surface area contributed by atoms with Gasteiger partial charge >= 0.3 is 5.97 Å². The molecule has 2 aromatic heterocycles. The van der Waals surface area contributed by atoms with Crippen molar-refractivity contribution in [2.45, 2.75) is 31.4 Å². The number of methoxy groups -OCH3 is 2. The summed E-state index contributed by atoms with van der Waals surface area (Å²) < 4.78 is 17.8. The Morgan fingerprint density at radius 3 is 2.41 bits per heavy atom. The number of hydrogen-bond donors (Lipinski definition) is 0. The molecule has 34 heavy (non-hydrogen) atoms. The van der Waals surface area contributed by atoms with E-state index in [0.29, 0.717) is 28.6 Å². The molecule has 4 aromatic rings. The Morgan fingerprint density at radius 2 is 1.74 bits per heavy atom. The van der Waals surface area contributed by atoms with Gasteiger partial charge in [0.25, 0.3) is 0 Å². The van der Waals surface area contributed by atoms with E-state index in [9.17, 15) is 4.79 Å². The molecule has 0 aliphatic carbocycles. The Morgan fingerprint density at radius 1 is 1.00 bits per heavy atom. The summed E-state index contributed by atoms with van der Waals surface area (Å²) in [4.78, 5) is 13.8. The van der Waals surface area contributed by atoms with Crippen LogP contribution in [-0.4, -0.2) is 46.6 Å². The number of hydrogen-bond acceptors (Lipinski definition) is 8. The van der Waals surface area contributed by atoms with Crippen molar-refractivity contribution in [3.63, 3.8) is 0 Å². The van der Waals surface area contributed by atoms with E-state index in [-0.39, 0.29) is 12.3 Å². The Labute approximate surface area is 202 Å².